The van der Waals surface area contributed by atoms with Crippen molar-refractivity contribution in [2.45, 2.75) is 18.9 Å². The molecule has 4 heteroatoms. The molecule has 1 aromatic carbocycles. The molecule has 0 spiro atoms. The first-order valence-electron chi connectivity index (χ1n) is 4.94. The monoisotopic (exact) mass is 208 g/mol. The molecular formula is C11H16N2O2. The molecule has 0 unspecified atom stereocenters. The third-order valence-corrected chi connectivity index (χ3v) is 2.31. The largest absolute Gasteiger partial charge is 0.478 e. The highest BCUT2D eigenvalue weighted by molar-refractivity contribution is 5.89. The summed E-state index contributed by atoms with van der Waals surface area (Å²) < 4.78 is 0. The Morgan fingerprint density at radius 3 is 2.67 bits per heavy atom. The number of rotatable bonds is 5. The van der Waals surface area contributed by atoms with Crippen LogP contribution in [0.25, 0.3) is 0 Å². The third-order valence-electron chi connectivity index (χ3n) is 2.31. The second-order valence-electron chi connectivity index (χ2n) is 3.43. The average molecular weight is 208 g/mol. The Balaban J connectivity index is 2.87. The lowest BCUT2D eigenvalue weighted by Gasteiger charge is -2.13. The molecule has 0 bridgehead atoms. The van der Waals surface area contributed by atoms with Crippen LogP contribution in [0.3, 0.4) is 0 Å². The standard InChI is InChI=1S/C11H16N2O2/c12-7-3-6-10(13)8-4-1-2-5-9(8)11(14)15/h1-2,4-5,10H,3,6-7,12-13H2,(H,14,15)/t10-/m1/s1. The summed E-state index contributed by atoms with van der Waals surface area (Å²) in [5.41, 5.74) is 12.2. The van der Waals surface area contributed by atoms with Gasteiger partial charge in [0.2, 0.25) is 0 Å². The molecule has 0 aliphatic heterocycles. The van der Waals surface area contributed by atoms with Crippen molar-refractivity contribution in [3.8, 4) is 0 Å². The van der Waals surface area contributed by atoms with Gasteiger partial charge in [-0.2, -0.15) is 0 Å². The van der Waals surface area contributed by atoms with Gasteiger partial charge in [-0.3, -0.25) is 0 Å². The number of hydrogen-bond acceptors (Lipinski definition) is 3. The molecule has 0 fully saturated rings. The van der Waals surface area contributed by atoms with Crippen molar-refractivity contribution in [2.24, 2.45) is 11.5 Å². The highest BCUT2D eigenvalue weighted by Crippen LogP contribution is 2.19. The van der Waals surface area contributed by atoms with E-state index in [4.69, 9.17) is 16.6 Å². The zero-order chi connectivity index (χ0) is 11.3. The number of carboxylic acids is 1. The molecule has 0 radical (unpaired) electrons. The predicted octanol–water partition coefficient (Wildman–Crippen LogP) is 1.12. The minimum Gasteiger partial charge on any atom is -0.478 e. The number of hydrogen-bond donors (Lipinski definition) is 3. The van der Waals surface area contributed by atoms with E-state index in [1.54, 1.807) is 24.3 Å². The molecule has 1 rings (SSSR count). The van der Waals surface area contributed by atoms with E-state index >= 15 is 0 Å². The molecule has 0 amide bonds. The maximum atomic E-state index is 10.9. The molecule has 82 valence electrons. The Hall–Kier alpha value is -1.39. The van der Waals surface area contributed by atoms with Crippen LogP contribution in [0, 0.1) is 0 Å². The van der Waals surface area contributed by atoms with Gasteiger partial charge in [0.05, 0.1) is 5.56 Å². The first kappa shape index (κ1) is 11.7. The SMILES string of the molecule is NCCC[C@@H](N)c1ccccc1C(=O)O. The zero-order valence-corrected chi connectivity index (χ0v) is 8.52. The van der Waals surface area contributed by atoms with Crippen molar-refractivity contribution in [2.75, 3.05) is 6.54 Å². The first-order chi connectivity index (χ1) is 7.16. The second-order valence-corrected chi connectivity index (χ2v) is 3.43. The number of carbonyl (C=O) groups is 1. The number of carboxylic acid groups (broad SMARTS) is 1. The Morgan fingerprint density at radius 2 is 2.07 bits per heavy atom. The highest BCUT2D eigenvalue weighted by atomic mass is 16.4. The van der Waals surface area contributed by atoms with Crippen LogP contribution in [0.1, 0.15) is 34.8 Å². The Labute approximate surface area is 88.9 Å². The molecular weight excluding hydrogens is 192 g/mol. The lowest BCUT2D eigenvalue weighted by Crippen LogP contribution is -2.16. The van der Waals surface area contributed by atoms with Crippen molar-refractivity contribution < 1.29 is 9.90 Å². The van der Waals surface area contributed by atoms with Gasteiger partial charge in [0.25, 0.3) is 0 Å². The molecule has 0 aliphatic rings. The van der Waals surface area contributed by atoms with E-state index in [1.165, 1.54) is 0 Å². The maximum absolute atomic E-state index is 10.9. The van der Waals surface area contributed by atoms with Gasteiger partial charge in [-0.25, -0.2) is 4.79 Å². The van der Waals surface area contributed by atoms with Crippen molar-refractivity contribution in [3.05, 3.63) is 35.4 Å². The van der Waals surface area contributed by atoms with E-state index in [2.05, 4.69) is 0 Å². The number of aromatic carboxylic acids is 1. The van der Waals surface area contributed by atoms with Gasteiger partial charge in [-0.05, 0) is 31.0 Å². The summed E-state index contributed by atoms with van der Waals surface area (Å²) >= 11 is 0. The van der Waals surface area contributed by atoms with Crippen LogP contribution in [-0.2, 0) is 0 Å². The Bertz CT molecular complexity index is 339. The van der Waals surface area contributed by atoms with Gasteiger partial charge < -0.3 is 16.6 Å². The van der Waals surface area contributed by atoms with Crippen LogP contribution in [0.15, 0.2) is 24.3 Å². The highest BCUT2D eigenvalue weighted by Gasteiger charge is 2.14. The normalized spacial score (nSPS) is 12.4. The van der Waals surface area contributed by atoms with Gasteiger partial charge in [0.15, 0.2) is 0 Å². The van der Waals surface area contributed by atoms with E-state index < -0.39 is 5.97 Å². The number of benzene rings is 1. The predicted molar refractivity (Wildman–Crippen MR) is 58.6 cm³/mol. The average Bonchev–Trinajstić information content (AvgIpc) is 2.25. The molecule has 0 aromatic heterocycles. The summed E-state index contributed by atoms with van der Waals surface area (Å²) in [4.78, 5) is 10.9. The van der Waals surface area contributed by atoms with Crippen molar-refractivity contribution >= 4 is 5.97 Å². The molecule has 5 N–H and O–H groups in total. The van der Waals surface area contributed by atoms with Crippen LogP contribution in [0.2, 0.25) is 0 Å². The fourth-order valence-corrected chi connectivity index (χ4v) is 1.51. The molecule has 4 nitrogen and oxygen atoms in total. The molecule has 1 atom stereocenters. The van der Waals surface area contributed by atoms with Crippen LogP contribution < -0.4 is 11.5 Å². The van der Waals surface area contributed by atoms with Gasteiger partial charge >= 0.3 is 5.97 Å². The van der Waals surface area contributed by atoms with Gasteiger partial charge in [0, 0.05) is 6.04 Å². The fraction of sp³-hybridized carbons (Fsp3) is 0.364. The van der Waals surface area contributed by atoms with E-state index in [0.717, 1.165) is 6.42 Å². The molecule has 0 aliphatic carbocycles. The summed E-state index contributed by atoms with van der Waals surface area (Å²) in [6, 6.07) is 6.57. The first-order valence-corrected chi connectivity index (χ1v) is 4.94. The summed E-state index contributed by atoms with van der Waals surface area (Å²) in [6.07, 6.45) is 1.51. The Kier molecular flexibility index (Phi) is 4.27. The topological polar surface area (TPSA) is 89.3 Å². The van der Waals surface area contributed by atoms with Crippen molar-refractivity contribution in [1.82, 2.24) is 0 Å². The summed E-state index contributed by atoms with van der Waals surface area (Å²) in [6.45, 7) is 0.572. The van der Waals surface area contributed by atoms with E-state index in [0.29, 0.717) is 18.5 Å². The van der Waals surface area contributed by atoms with Crippen molar-refractivity contribution in [1.29, 1.82) is 0 Å². The molecule has 0 heterocycles. The molecule has 0 saturated carbocycles. The smallest absolute Gasteiger partial charge is 0.336 e. The summed E-state index contributed by atoms with van der Waals surface area (Å²) in [5, 5.41) is 8.96. The maximum Gasteiger partial charge on any atom is 0.336 e. The van der Waals surface area contributed by atoms with E-state index in [1.807, 2.05) is 0 Å². The van der Waals surface area contributed by atoms with Gasteiger partial charge in [0.1, 0.15) is 0 Å². The van der Waals surface area contributed by atoms with Crippen LogP contribution in [-0.4, -0.2) is 17.6 Å². The lowest BCUT2D eigenvalue weighted by atomic mass is 9.97. The quantitative estimate of drug-likeness (QED) is 0.676. The molecule has 15 heavy (non-hydrogen) atoms. The van der Waals surface area contributed by atoms with Crippen LogP contribution in [0.5, 0.6) is 0 Å². The lowest BCUT2D eigenvalue weighted by molar-refractivity contribution is 0.0695. The minimum absolute atomic E-state index is 0.249. The zero-order valence-electron chi connectivity index (χ0n) is 8.52. The number of nitrogens with two attached hydrogens (primary N) is 2. The fourth-order valence-electron chi connectivity index (χ4n) is 1.51. The molecule has 1 aromatic rings. The van der Waals surface area contributed by atoms with Crippen LogP contribution >= 0.6 is 0 Å². The summed E-state index contributed by atoms with van der Waals surface area (Å²) in [7, 11) is 0. The summed E-state index contributed by atoms with van der Waals surface area (Å²) in [5.74, 6) is -0.936. The Morgan fingerprint density at radius 1 is 1.40 bits per heavy atom. The van der Waals surface area contributed by atoms with Crippen LogP contribution in [0.4, 0.5) is 0 Å². The van der Waals surface area contributed by atoms with Gasteiger partial charge in [-0.15, -0.1) is 0 Å². The molecule has 0 saturated heterocycles. The van der Waals surface area contributed by atoms with E-state index in [9.17, 15) is 4.79 Å². The third kappa shape index (κ3) is 3.04. The van der Waals surface area contributed by atoms with Crippen molar-refractivity contribution in [3.63, 3.8) is 0 Å². The van der Waals surface area contributed by atoms with Gasteiger partial charge in [-0.1, -0.05) is 18.2 Å². The minimum atomic E-state index is -0.936. The second kappa shape index (κ2) is 5.48. The van der Waals surface area contributed by atoms with E-state index in [-0.39, 0.29) is 11.6 Å².